The van der Waals surface area contributed by atoms with E-state index >= 15 is 0 Å². The Hall–Kier alpha value is -1.50. The zero-order chi connectivity index (χ0) is 14.9. The van der Waals surface area contributed by atoms with Gasteiger partial charge in [0.1, 0.15) is 17.2 Å². The first-order valence-corrected chi connectivity index (χ1v) is 6.86. The molecule has 0 aliphatic heterocycles. The Kier molecular flexibility index (Phi) is 4.37. The molecule has 1 aliphatic rings. The van der Waals surface area contributed by atoms with E-state index in [0.29, 0.717) is 12.8 Å². The molecule has 20 heavy (non-hydrogen) atoms. The van der Waals surface area contributed by atoms with E-state index in [1.54, 1.807) is 0 Å². The summed E-state index contributed by atoms with van der Waals surface area (Å²) >= 11 is 2.93. The summed E-state index contributed by atoms with van der Waals surface area (Å²) in [6.07, 6.45) is 1.22. The number of carboxylic acids is 1. The summed E-state index contributed by atoms with van der Waals surface area (Å²) in [5.74, 6) is -4.20. The van der Waals surface area contributed by atoms with E-state index in [0.717, 1.165) is 12.1 Å². The molecule has 4 nitrogen and oxygen atoms in total. The Morgan fingerprint density at radius 1 is 1.25 bits per heavy atom. The van der Waals surface area contributed by atoms with Crippen molar-refractivity contribution in [3.8, 4) is 0 Å². The largest absolute Gasteiger partial charge is 0.481 e. The van der Waals surface area contributed by atoms with Crippen LogP contribution in [0.4, 0.5) is 8.78 Å². The summed E-state index contributed by atoms with van der Waals surface area (Å²) in [4.78, 5) is 22.7. The number of benzene rings is 1. The fourth-order valence-corrected chi connectivity index (χ4v) is 2.76. The second-order valence-electron chi connectivity index (χ2n) is 4.76. The highest BCUT2D eigenvalue weighted by atomic mass is 79.9. The summed E-state index contributed by atoms with van der Waals surface area (Å²) < 4.78 is 27.4. The first-order chi connectivity index (χ1) is 9.38. The Bertz CT molecular complexity index is 542. The van der Waals surface area contributed by atoms with Crippen LogP contribution in [0, 0.1) is 17.6 Å². The molecule has 0 aromatic heterocycles. The molecule has 1 fully saturated rings. The van der Waals surface area contributed by atoms with E-state index in [9.17, 15) is 18.4 Å². The van der Waals surface area contributed by atoms with Gasteiger partial charge in [-0.25, -0.2) is 8.78 Å². The van der Waals surface area contributed by atoms with Gasteiger partial charge in [-0.05, 0) is 31.4 Å². The number of rotatable bonds is 3. The molecular weight excluding hydrogens is 336 g/mol. The normalized spacial score (nSPS) is 21.8. The lowest BCUT2D eigenvalue weighted by Gasteiger charge is -2.13. The van der Waals surface area contributed by atoms with Gasteiger partial charge in [-0.3, -0.25) is 9.59 Å². The molecule has 2 unspecified atom stereocenters. The molecule has 0 radical (unpaired) electrons. The number of nitrogens with one attached hydrogen (secondary N) is 1. The number of carbonyl (C=O) groups is 2. The van der Waals surface area contributed by atoms with E-state index in [-0.39, 0.29) is 16.9 Å². The molecule has 0 bridgehead atoms. The predicted octanol–water partition coefficient (Wildman–Crippen LogP) is 2.71. The zero-order valence-electron chi connectivity index (χ0n) is 10.3. The Labute approximate surface area is 122 Å². The van der Waals surface area contributed by atoms with Crippen LogP contribution in [-0.2, 0) is 4.79 Å². The van der Waals surface area contributed by atoms with Crippen molar-refractivity contribution < 1.29 is 23.5 Å². The van der Waals surface area contributed by atoms with Gasteiger partial charge in [0.05, 0.1) is 5.92 Å². The van der Waals surface area contributed by atoms with Crippen LogP contribution in [0.25, 0.3) is 0 Å². The lowest BCUT2D eigenvalue weighted by atomic mass is 10.1. The number of aliphatic carboxylic acids is 1. The lowest BCUT2D eigenvalue weighted by Crippen LogP contribution is -2.34. The third kappa shape index (κ3) is 3.15. The maximum absolute atomic E-state index is 13.6. The first kappa shape index (κ1) is 14.9. The van der Waals surface area contributed by atoms with Gasteiger partial charge in [0.2, 0.25) is 0 Å². The maximum atomic E-state index is 13.6. The van der Waals surface area contributed by atoms with Crippen LogP contribution < -0.4 is 5.32 Å². The van der Waals surface area contributed by atoms with Crippen molar-refractivity contribution in [3.05, 3.63) is 33.8 Å². The van der Waals surface area contributed by atoms with Crippen molar-refractivity contribution in [2.75, 3.05) is 0 Å². The summed E-state index contributed by atoms with van der Waals surface area (Å²) in [6.45, 7) is 0. The third-order valence-electron chi connectivity index (χ3n) is 3.35. The highest BCUT2D eigenvalue weighted by molar-refractivity contribution is 9.10. The van der Waals surface area contributed by atoms with Gasteiger partial charge >= 0.3 is 5.97 Å². The fourth-order valence-electron chi connectivity index (χ4n) is 2.35. The van der Waals surface area contributed by atoms with Crippen molar-refractivity contribution in [1.82, 2.24) is 5.32 Å². The second kappa shape index (κ2) is 5.87. The fraction of sp³-hybridized carbons (Fsp3) is 0.385. The van der Waals surface area contributed by atoms with Crippen LogP contribution in [-0.4, -0.2) is 23.0 Å². The SMILES string of the molecule is O=C(NC1CCC(C(=O)O)C1)c1c(F)cc(Br)cc1F. The van der Waals surface area contributed by atoms with Gasteiger partial charge in [0.25, 0.3) is 5.91 Å². The number of carbonyl (C=O) groups excluding carboxylic acids is 1. The van der Waals surface area contributed by atoms with Crippen molar-refractivity contribution in [3.63, 3.8) is 0 Å². The Balaban J connectivity index is 2.08. The average molecular weight is 348 g/mol. The van der Waals surface area contributed by atoms with E-state index in [4.69, 9.17) is 5.11 Å². The van der Waals surface area contributed by atoms with Gasteiger partial charge in [0, 0.05) is 10.5 Å². The molecule has 1 saturated carbocycles. The quantitative estimate of drug-likeness (QED) is 0.883. The molecule has 1 amide bonds. The number of hydrogen-bond donors (Lipinski definition) is 2. The monoisotopic (exact) mass is 347 g/mol. The Morgan fingerprint density at radius 2 is 1.85 bits per heavy atom. The van der Waals surface area contributed by atoms with Gasteiger partial charge in [-0.1, -0.05) is 15.9 Å². The molecule has 2 rings (SSSR count). The molecule has 0 heterocycles. The highest BCUT2D eigenvalue weighted by Crippen LogP contribution is 2.26. The number of carboxylic acid groups (broad SMARTS) is 1. The van der Waals surface area contributed by atoms with Crippen LogP contribution in [0.5, 0.6) is 0 Å². The van der Waals surface area contributed by atoms with Crippen molar-refractivity contribution in [1.29, 1.82) is 0 Å². The molecule has 1 aromatic carbocycles. The molecule has 1 aliphatic carbocycles. The molecule has 2 N–H and O–H groups in total. The van der Waals surface area contributed by atoms with Gasteiger partial charge in [0.15, 0.2) is 0 Å². The summed E-state index contributed by atoms with van der Waals surface area (Å²) in [5, 5.41) is 11.3. The molecule has 108 valence electrons. The minimum atomic E-state index is -0.956. The predicted molar refractivity (Wildman–Crippen MR) is 70.3 cm³/mol. The van der Waals surface area contributed by atoms with E-state index in [1.165, 1.54) is 0 Å². The van der Waals surface area contributed by atoms with E-state index in [2.05, 4.69) is 21.2 Å². The van der Waals surface area contributed by atoms with Gasteiger partial charge in [-0.2, -0.15) is 0 Å². The molecule has 0 spiro atoms. The van der Waals surface area contributed by atoms with Crippen LogP contribution in [0.15, 0.2) is 16.6 Å². The molecule has 2 atom stereocenters. The first-order valence-electron chi connectivity index (χ1n) is 6.06. The smallest absolute Gasteiger partial charge is 0.306 e. The lowest BCUT2D eigenvalue weighted by molar-refractivity contribution is -0.141. The van der Waals surface area contributed by atoms with Crippen molar-refractivity contribution in [2.45, 2.75) is 25.3 Å². The Morgan fingerprint density at radius 3 is 2.35 bits per heavy atom. The maximum Gasteiger partial charge on any atom is 0.306 e. The number of halogens is 3. The minimum Gasteiger partial charge on any atom is -0.481 e. The zero-order valence-corrected chi connectivity index (χ0v) is 11.9. The van der Waals surface area contributed by atoms with Gasteiger partial charge < -0.3 is 10.4 Å². The van der Waals surface area contributed by atoms with E-state index in [1.807, 2.05) is 0 Å². The minimum absolute atomic E-state index is 0.204. The standard InChI is InChI=1S/C13H12BrF2NO3/c14-7-4-9(15)11(10(16)5-7)12(18)17-8-2-1-6(3-8)13(19)20/h4-6,8H,1-3H2,(H,17,18)(H,19,20). The molecule has 7 heteroatoms. The number of hydrogen-bond acceptors (Lipinski definition) is 2. The van der Waals surface area contributed by atoms with Crippen LogP contribution in [0.2, 0.25) is 0 Å². The summed E-state index contributed by atoms with van der Waals surface area (Å²) in [6, 6.07) is 1.64. The average Bonchev–Trinajstić information content (AvgIpc) is 2.75. The third-order valence-corrected chi connectivity index (χ3v) is 3.81. The van der Waals surface area contributed by atoms with Crippen LogP contribution in [0.3, 0.4) is 0 Å². The highest BCUT2D eigenvalue weighted by Gasteiger charge is 2.31. The van der Waals surface area contributed by atoms with Gasteiger partial charge in [-0.15, -0.1) is 0 Å². The van der Waals surface area contributed by atoms with Crippen molar-refractivity contribution in [2.24, 2.45) is 5.92 Å². The van der Waals surface area contributed by atoms with Crippen LogP contribution >= 0.6 is 15.9 Å². The van der Waals surface area contributed by atoms with E-state index < -0.39 is 35.0 Å². The second-order valence-corrected chi connectivity index (χ2v) is 5.68. The van der Waals surface area contributed by atoms with Crippen LogP contribution in [0.1, 0.15) is 29.6 Å². The molecule has 0 saturated heterocycles. The van der Waals surface area contributed by atoms with Crippen molar-refractivity contribution >= 4 is 27.8 Å². The molecular formula is C13H12BrF2NO3. The topological polar surface area (TPSA) is 66.4 Å². The number of amides is 1. The summed E-state index contributed by atoms with van der Waals surface area (Å²) in [7, 11) is 0. The molecule has 1 aromatic rings. The summed E-state index contributed by atoms with van der Waals surface area (Å²) in [5.41, 5.74) is -0.646.